The lowest BCUT2D eigenvalue weighted by Gasteiger charge is -2.62. The van der Waals surface area contributed by atoms with E-state index < -0.39 is 16.8 Å². The van der Waals surface area contributed by atoms with Crippen LogP contribution in [0.1, 0.15) is 201 Å². The zero-order valence-electron chi connectivity index (χ0n) is 45.4. The molecule has 8 N–H and O–H groups in total. The standard InChI is InChI=1S/2C12H23NO3.C12H21NO2.C10H17B.C7H15NO.ClH/c2*1-8-5-6-9(7-10(8)14)13-11(15)16-12(2,3)4;1-9-5-7-10(8-6-9)13-11(14)15-12(2,3)4;1-6-8-4-7(5-9(6)11)10(8,2)3;1-5-2-3-6(8)4-7(5)9;/h2*8-10,14H,5-7H2,1-4H3,(H,13,15);5,10H,6-8H2,1-4H3,(H,13,14);6-9H,4-5H2,1-3H3;5-7,9H,2-4,8H2,1H3;1H/t8-,9+,10-;8-,9-,10-;10-;6-,7+,8-,9-;5-,6-,7-;/m01001./s1. The highest BCUT2D eigenvalue weighted by Crippen LogP contribution is 2.63. The third-order valence-corrected chi connectivity index (χ3v) is 14.7. The Morgan fingerprint density at radius 2 is 1.00 bits per heavy atom. The third kappa shape index (κ3) is 24.2. The van der Waals surface area contributed by atoms with Crippen LogP contribution in [0.3, 0.4) is 0 Å². The van der Waals surface area contributed by atoms with Crippen LogP contribution in [0, 0.1) is 40.9 Å². The highest BCUT2D eigenvalue weighted by molar-refractivity contribution is 6.12. The van der Waals surface area contributed by atoms with Gasteiger partial charge in [0.1, 0.15) is 16.8 Å². The second kappa shape index (κ2) is 28.1. The number of aliphatic hydroxyl groups excluding tert-OH is 3. The van der Waals surface area contributed by atoms with Gasteiger partial charge >= 0.3 is 18.3 Å². The summed E-state index contributed by atoms with van der Waals surface area (Å²) in [6.07, 6.45) is 14.0. The number of carbonyl (C=O) groups is 3. The van der Waals surface area contributed by atoms with Crippen molar-refractivity contribution in [1.82, 2.24) is 16.0 Å². The molecule has 2 radical (unpaired) electrons. The molecule has 14 atom stereocenters. The smallest absolute Gasteiger partial charge is 0.407 e. The number of hydrogen-bond acceptors (Lipinski definition) is 10. The van der Waals surface area contributed by atoms with Crippen molar-refractivity contribution in [3.05, 3.63) is 11.6 Å². The first kappa shape index (κ1) is 63.8. The molecule has 0 unspecified atom stereocenters. The van der Waals surface area contributed by atoms with Crippen LogP contribution in [0.15, 0.2) is 11.6 Å². The highest BCUT2D eigenvalue weighted by Gasteiger charge is 2.54. The van der Waals surface area contributed by atoms with Gasteiger partial charge in [0.25, 0.3) is 0 Å². The number of ether oxygens (including phenoxy) is 3. The molecule has 0 aromatic carbocycles. The molecule has 13 nitrogen and oxygen atoms in total. The summed E-state index contributed by atoms with van der Waals surface area (Å²) in [7, 11) is 6.02. The minimum atomic E-state index is -0.468. The first-order chi connectivity index (χ1) is 30.6. The summed E-state index contributed by atoms with van der Waals surface area (Å²) in [5.41, 5.74) is 6.30. The van der Waals surface area contributed by atoms with Crippen LogP contribution in [0.4, 0.5) is 14.4 Å². The fraction of sp³-hybridized carbons (Fsp3) is 0.906. The number of allylic oxidation sites excluding steroid dienone is 1. The topological polar surface area (TPSA) is 202 Å². The molecule has 0 saturated heterocycles. The van der Waals surface area contributed by atoms with Gasteiger partial charge in [-0.1, -0.05) is 65.4 Å². The van der Waals surface area contributed by atoms with Crippen LogP contribution >= 0.6 is 12.4 Å². The Balaban J connectivity index is 0.000000429. The molecule has 0 aromatic heterocycles. The molecular formula is C53H100BClN4O9. The first-order valence-electron chi connectivity index (χ1n) is 25.8. The van der Waals surface area contributed by atoms with Gasteiger partial charge in [-0.3, -0.25) is 0 Å². The average Bonchev–Trinajstić information content (AvgIpc) is 3.17. The zero-order valence-corrected chi connectivity index (χ0v) is 46.2. The van der Waals surface area contributed by atoms with Crippen molar-refractivity contribution in [3.8, 4) is 0 Å². The van der Waals surface area contributed by atoms with E-state index in [0.717, 1.165) is 82.0 Å². The van der Waals surface area contributed by atoms with Gasteiger partial charge in [-0.25, -0.2) is 14.4 Å². The van der Waals surface area contributed by atoms with Crippen molar-refractivity contribution < 1.29 is 43.9 Å². The van der Waals surface area contributed by atoms with Gasteiger partial charge in [-0.2, -0.15) is 0 Å². The van der Waals surface area contributed by atoms with E-state index in [1.54, 1.807) is 0 Å². The molecule has 2 bridgehead atoms. The summed E-state index contributed by atoms with van der Waals surface area (Å²) in [6.45, 7) is 32.1. The lowest BCUT2D eigenvalue weighted by molar-refractivity contribution is -0.0979. The maximum atomic E-state index is 11.5. The van der Waals surface area contributed by atoms with Crippen molar-refractivity contribution in [3.63, 3.8) is 0 Å². The SMILES string of the molecule is CC1=CC[C@H](NC(=O)OC(C)(C)C)CC1.C[C@@H]1CC[C@@H](N)C[C@H]1O.C[C@@H]1CC[C@@H](NC(=O)OC(C)(C)C)C[C@H]1O.C[C@H]1CC[C@@H](NC(=O)OC(C)(C)C)C[C@@H]1O.Cl.[B][C@H]1C[C@H]2C[C@@H]([C@@H]1C)C2(C)C. The third-order valence-electron chi connectivity index (χ3n) is 14.7. The zero-order chi connectivity index (χ0) is 51.2. The van der Waals surface area contributed by atoms with Crippen LogP contribution in [-0.4, -0.2) is 101 Å². The maximum absolute atomic E-state index is 11.5. The first-order valence-corrected chi connectivity index (χ1v) is 25.8. The molecule has 396 valence electrons. The fourth-order valence-electron chi connectivity index (χ4n) is 9.90. The lowest BCUT2D eigenvalue weighted by Crippen LogP contribution is -2.53. The van der Waals surface area contributed by atoms with Crippen LogP contribution in [-0.2, 0) is 14.2 Å². The molecular weight excluding hydrogens is 883 g/mol. The Morgan fingerprint density at radius 1 is 0.618 bits per heavy atom. The molecule has 0 aromatic rings. The molecule has 0 aliphatic heterocycles. The van der Waals surface area contributed by atoms with Crippen molar-refractivity contribution in [2.75, 3.05) is 0 Å². The predicted molar refractivity (Wildman–Crippen MR) is 278 cm³/mol. The van der Waals surface area contributed by atoms with E-state index in [1.807, 2.05) is 76.2 Å². The van der Waals surface area contributed by atoms with E-state index in [2.05, 4.69) is 56.6 Å². The molecule has 3 amide bonds. The number of rotatable bonds is 3. The number of nitrogens with two attached hydrogens (primary N) is 1. The predicted octanol–water partition coefficient (Wildman–Crippen LogP) is 10.7. The summed E-state index contributed by atoms with van der Waals surface area (Å²) >= 11 is 0. The van der Waals surface area contributed by atoms with Crippen LogP contribution in [0.25, 0.3) is 0 Å². The van der Waals surface area contributed by atoms with Crippen molar-refractivity contribution >= 4 is 38.5 Å². The number of fused-ring (bicyclic) bond motifs is 2. The average molecular weight is 984 g/mol. The van der Waals surface area contributed by atoms with E-state index in [9.17, 15) is 29.7 Å². The molecule has 68 heavy (non-hydrogen) atoms. The minimum absolute atomic E-state index is 0. The molecule has 7 aliphatic carbocycles. The van der Waals surface area contributed by atoms with Gasteiger partial charge in [-0.15, -0.1) is 12.4 Å². The Bertz CT molecular complexity index is 1500. The fourth-order valence-corrected chi connectivity index (χ4v) is 9.90. The largest absolute Gasteiger partial charge is 0.444 e. The molecule has 6 saturated carbocycles. The molecule has 15 heteroatoms. The number of carbonyl (C=O) groups excluding carboxylic acids is 3. The number of nitrogens with one attached hydrogen (secondary N) is 3. The van der Waals surface area contributed by atoms with E-state index in [4.69, 9.17) is 27.8 Å². The number of halogens is 1. The quantitative estimate of drug-likeness (QED) is 0.0810. The summed E-state index contributed by atoms with van der Waals surface area (Å²) in [6, 6.07) is 0.571. The maximum Gasteiger partial charge on any atom is 0.407 e. The number of aliphatic hydroxyl groups is 3. The van der Waals surface area contributed by atoms with Crippen molar-refractivity contribution in [2.45, 2.75) is 266 Å². The molecule has 7 rings (SSSR count). The highest BCUT2D eigenvalue weighted by atomic mass is 35.5. The molecule has 6 fully saturated rings. The van der Waals surface area contributed by atoms with Gasteiger partial charge in [0.2, 0.25) is 0 Å². The Kier molecular flexibility index (Phi) is 26.4. The van der Waals surface area contributed by atoms with E-state index in [1.165, 1.54) is 18.4 Å². The molecule has 0 heterocycles. The number of amides is 3. The van der Waals surface area contributed by atoms with Crippen molar-refractivity contribution in [2.24, 2.45) is 46.7 Å². The number of alkyl carbamates (subject to hydrolysis) is 3. The van der Waals surface area contributed by atoms with E-state index in [-0.39, 0.29) is 73.2 Å². The minimum Gasteiger partial charge on any atom is -0.444 e. The summed E-state index contributed by atoms with van der Waals surface area (Å²) < 4.78 is 15.5. The Morgan fingerprint density at radius 3 is 1.29 bits per heavy atom. The molecule has 7 aliphatic rings. The van der Waals surface area contributed by atoms with E-state index >= 15 is 0 Å². The van der Waals surface area contributed by atoms with E-state index in [0.29, 0.717) is 41.8 Å². The van der Waals surface area contributed by atoms with Gasteiger partial charge in [0.05, 0.1) is 26.2 Å². The Labute approximate surface area is 421 Å². The second-order valence-electron chi connectivity index (χ2n) is 24.8. The Hall–Kier alpha value is -2.26. The van der Waals surface area contributed by atoms with Gasteiger partial charge in [-0.05, 0) is 194 Å². The lowest BCUT2D eigenvalue weighted by atomic mass is 9.41. The summed E-state index contributed by atoms with van der Waals surface area (Å²) in [5.74, 6) is 4.22. The summed E-state index contributed by atoms with van der Waals surface area (Å²) in [4.78, 5) is 34.5. The van der Waals surface area contributed by atoms with Crippen LogP contribution in [0.5, 0.6) is 0 Å². The van der Waals surface area contributed by atoms with Gasteiger partial charge < -0.3 is 51.2 Å². The molecule has 0 spiro atoms. The van der Waals surface area contributed by atoms with Crippen molar-refractivity contribution in [1.29, 1.82) is 0 Å². The van der Waals surface area contributed by atoms with Gasteiger partial charge in [0.15, 0.2) is 0 Å². The van der Waals surface area contributed by atoms with Crippen LogP contribution < -0.4 is 21.7 Å². The second-order valence-corrected chi connectivity index (χ2v) is 24.8. The van der Waals surface area contributed by atoms with Gasteiger partial charge in [0, 0.05) is 24.2 Å². The monoisotopic (exact) mass is 983 g/mol. The van der Waals surface area contributed by atoms with Crippen LogP contribution in [0.2, 0.25) is 5.82 Å². The number of hydrogen-bond donors (Lipinski definition) is 7. The summed E-state index contributed by atoms with van der Waals surface area (Å²) in [5, 5.41) is 37.2. The normalized spacial score (nSPS) is 34.0.